The Kier molecular flexibility index (Phi) is 3.82. The first kappa shape index (κ1) is 12.4. The Hall–Kier alpha value is -2.03. The van der Waals surface area contributed by atoms with Crippen LogP contribution in [0.3, 0.4) is 0 Å². The molecule has 0 radical (unpaired) electrons. The van der Waals surface area contributed by atoms with Crippen LogP contribution in [-0.4, -0.2) is 19.5 Å². The molecular formula is C15H16O3. The van der Waals surface area contributed by atoms with Crippen molar-refractivity contribution < 1.29 is 14.3 Å². The minimum atomic E-state index is 0.566. The standard InChI is InChI=1S/C15H16O3/c1-3-17-14-7-5-6-12-13(14)8-11(10-16)9-15(12)18-4-2/h5-10H,3-4H2,1-2H3. The molecule has 2 aromatic carbocycles. The zero-order valence-corrected chi connectivity index (χ0v) is 10.6. The highest BCUT2D eigenvalue weighted by molar-refractivity contribution is 5.97. The fourth-order valence-electron chi connectivity index (χ4n) is 1.97. The van der Waals surface area contributed by atoms with Crippen molar-refractivity contribution in [3.63, 3.8) is 0 Å². The number of carbonyl (C=O) groups is 1. The third kappa shape index (κ3) is 2.30. The van der Waals surface area contributed by atoms with E-state index in [0.717, 1.165) is 28.6 Å². The third-order valence-corrected chi connectivity index (χ3v) is 2.68. The SMILES string of the molecule is CCOc1cc(C=O)cc2c(OCC)cccc12. The maximum atomic E-state index is 11.0. The summed E-state index contributed by atoms with van der Waals surface area (Å²) in [5.74, 6) is 1.50. The molecule has 18 heavy (non-hydrogen) atoms. The van der Waals surface area contributed by atoms with Crippen molar-refractivity contribution in [3.8, 4) is 11.5 Å². The van der Waals surface area contributed by atoms with E-state index >= 15 is 0 Å². The van der Waals surface area contributed by atoms with Crippen molar-refractivity contribution >= 4 is 17.1 Å². The molecule has 3 heteroatoms. The molecule has 0 aliphatic heterocycles. The van der Waals surface area contributed by atoms with Crippen molar-refractivity contribution in [2.75, 3.05) is 13.2 Å². The number of fused-ring (bicyclic) bond motifs is 1. The lowest BCUT2D eigenvalue weighted by molar-refractivity contribution is 0.112. The summed E-state index contributed by atoms with van der Waals surface area (Å²) in [4.78, 5) is 11.0. The second-order valence-electron chi connectivity index (χ2n) is 3.85. The monoisotopic (exact) mass is 244 g/mol. The zero-order valence-electron chi connectivity index (χ0n) is 10.6. The Morgan fingerprint density at radius 2 is 1.72 bits per heavy atom. The molecule has 2 rings (SSSR count). The largest absolute Gasteiger partial charge is 0.493 e. The van der Waals surface area contributed by atoms with Gasteiger partial charge in [-0.1, -0.05) is 12.1 Å². The number of rotatable bonds is 5. The molecule has 0 aromatic heterocycles. The van der Waals surface area contributed by atoms with Gasteiger partial charge in [-0.3, -0.25) is 4.79 Å². The minimum Gasteiger partial charge on any atom is -0.493 e. The van der Waals surface area contributed by atoms with E-state index in [4.69, 9.17) is 9.47 Å². The van der Waals surface area contributed by atoms with Crippen molar-refractivity contribution in [1.29, 1.82) is 0 Å². The molecule has 0 spiro atoms. The average Bonchev–Trinajstić information content (AvgIpc) is 2.40. The molecule has 0 N–H and O–H groups in total. The van der Waals surface area contributed by atoms with Gasteiger partial charge in [-0.05, 0) is 32.0 Å². The molecule has 0 saturated heterocycles. The summed E-state index contributed by atoms with van der Waals surface area (Å²) >= 11 is 0. The number of carbonyl (C=O) groups excluding carboxylic acids is 1. The van der Waals surface area contributed by atoms with Gasteiger partial charge in [-0.15, -0.1) is 0 Å². The first-order valence-electron chi connectivity index (χ1n) is 6.07. The van der Waals surface area contributed by atoms with Gasteiger partial charge in [-0.25, -0.2) is 0 Å². The maximum Gasteiger partial charge on any atom is 0.150 e. The summed E-state index contributed by atoms with van der Waals surface area (Å²) in [7, 11) is 0. The maximum absolute atomic E-state index is 11.0. The molecule has 0 amide bonds. The van der Waals surface area contributed by atoms with Gasteiger partial charge < -0.3 is 9.47 Å². The van der Waals surface area contributed by atoms with Crippen LogP contribution in [0.25, 0.3) is 10.8 Å². The summed E-state index contributed by atoms with van der Waals surface area (Å²) in [6.45, 7) is 5.02. The highest BCUT2D eigenvalue weighted by atomic mass is 16.5. The van der Waals surface area contributed by atoms with E-state index in [9.17, 15) is 4.79 Å². The van der Waals surface area contributed by atoms with Gasteiger partial charge >= 0.3 is 0 Å². The van der Waals surface area contributed by atoms with Gasteiger partial charge in [-0.2, -0.15) is 0 Å². The molecule has 0 fully saturated rings. The molecule has 0 aliphatic carbocycles. The minimum absolute atomic E-state index is 0.566. The first-order chi connectivity index (χ1) is 8.80. The van der Waals surface area contributed by atoms with Crippen molar-refractivity contribution in [1.82, 2.24) is 0 Å². The van der Waals surface area contributed by atoms with Crippen LogP contribution < -0.4 is 9.47 Å². The van der Waals surface area contributed by atoms with Crippen molar-refractivity contribution in [3.05, 3.63) is 35.9 Å². The molecule has 0 aliphatic rings. The van der Waals surface area contributed by atoms with Crippen LogP contribution in [0.1, 0.15) is 24.2 Å². The van der Waals surface area contributed by atoms with E-state index in [1.165, 1.54) is 0 Å². The first-order valence-corrected chi connectivity index (χ1v) is 6.07. The summed E-state index contributed by atoms with van der Waals surface area (Å²) in [6.07, 6.45) is 0.824. The van der Waals surface area contributed by atoms with Crippen LogP contribution in [0.15, 0.2) is 30.3 Å². The van der Waals surface area contributed by atoms with E-state index in [2.05, 4.69) is 0 Å². The fraction of sp³-hybridized carbons (Fsp3) is 0.267. The van der Waals surface area contributed by atoms with Gasteiger partial charge in [0.05, 0.1) is 13.2 Å². The second-order valence-corrected chi connectivity index (χ2v) is 3.85. The second kappa shape index (κ2) is 5.54. The topological polar surface area (TPSA) is 35.5 Å². The van der Waals surface area contributed by atoms with Crippen molar-refractivity contribution in [2.24, 2.45) is 0 Å². The smallest absolute Gasteiger partial charge is 0.150 e. The van der Waals surface area contributed by atoms with E-state index in [1.54, 1.807) is 6.07 Å². The Labute approximate surface area is 106 Å². The number of ether oxygens (including phenoxy) is 2. The van der Waals surface area contributed by atoms with E-state index in [0.29, 0.717) is 18.8 Å². The van der Waals surface area contributed by atoms with Crippen LogP contribution in [0.2, 0.25) is 0 Å². The molecule has 0 bridgehead atoms. The predicted molar refractivity (Wildman–Crippen MR) is 71.7 cm³/mol. The van der Waals surface area contributed by atoms with Gasteiger partial charge in [0.25, 0.3) is 0 Å². The van der Waals surface area contributed by atoms with Crippen molar-refractivity contribution in [2.45, 2.75) is 13.8 Å². The lowest BCUT2D eigenvalue weighted by Gasteiger charge is -2.12. The molecule has 0 atom stereocenters. The predicted octanol–water partition coefficient (Wildman–Crippen LogP) is 3.45. The fourth-order valence-corrected chi connectivity index (χ4v) is 1.97. The zero-order chi connectivity index (χ0) is 13.0. The number of aldehydes is 1. The molecular weight excluding hydrogens is 228 g/mol. The van der Waals surface area contributed by atoms with Gasteiger partial charge in [0.2, 0.25) is 0 Å². The van der Waals surface area contributed by atoms with Crippen LogP contribution in [0.4, 0.5) is 0 Å². The Morgan fingerprint density at radius 1 is 1.00 bits per heavy atom. The van der Waals surface area contributed by atoms with Crippen LogP contribution in [-0.2, 0) is 0 Å². The van der Waals surface area contributed by atoms with Gasteiger partial charge in [0.1, 0.15) is 17.8 Å². The normalized spacial score (nSPS) is 10.3. The summed E-state index contributed by atoms with van der Waals surface area (Å²) in [5.41, 5.74) is 0.595. The highest BCUT2D eigenvalue weighted by Crippen LogP contribution is 2.33. The molecule has 0 heterocycles. The lowest BCUT2D eigenvalue weighted by atomic mass is 10.1. The number of hydrogen-bond donors (Lipinski definition) is 0. The molecule has 94 valence electrons. The molecule has 3 nitrogen and oxygen atoms in total. The summed E-state index contributed by atoms with van der Waals surface area (Å²) in [6, 6.07) is 9.38. The highest BCUT2D eigenvalue weighted by Gasteiger charge is 2.09. The number of benzene rings is 2. The Balaban J connectivity index is 2.68. The molecule has 2 aromatic rings. The van der Waals surface area contributed by atoms with E-state index in [1.807, 2.05) is 38.1 Å². The van der Waals surface area contributed by atoms with Crippen LogP contribution in [0.5, 0.6) is 11.5 Å². The Morgan fingerprint density at radius 3 is 2.39 bits per heavy atom. The van der Waals surface area contributed by atoms with Gasteiger partial charge in [0.15, 0.2) is 0 Å². The number of hydrogen-bond acceptors (Lipinski definition) is 3. The summed E-state index contributed by atoms with van der Waals surface area (Å²) in [5, 5.41) is 1.88. The van der Waals surface area contributed by atoms with Crippen LogP contribution >= 0.6 is 0 Å². The summed E-state index contributed by atoms with van der Waals surface area (Å²) < 4.78 is 11.2. The van der Waals surface area contributed by atoms with Crippen LogP contribution in [0, 0.1) is 0 Å². The van der Waals surface area contributed by atoms with Gasteiger partial charge in [0, 0.05) is 16.3 Å². The lowest BCUT2D eigenvalue weighted by Crippen LogP contribution is -1.97. The van der Waals surface area contributed by atoms with E-state index < -0.39 is 0 Å². The molecule has 0 unspecified atom stereocenters. The average molecular weight is 244 g/mol. The molecule has 0 saturated carbocycles. The third-order valence-electron chi connectivity index (χ3n) is 2.68. The van der Waals surface area contributed by atoms with E-state index in [-0.39, 0.29) is 0 Å². The quantitative estimate of drug-likeness (QED) is 0.756. The Bertz CT molecular complexity index is 561.